The topological polar surface area (TPSA) is 79.3 Å². The van der Waals surface area contributed by atoms with Crippen molar-refractivity contribution >= 4 is 12.1 Å². The van der Waals surface area contributed by atoms with Crippen molar-refractivity contribution < 1.29 is 63.7 Å². The van der Waals surface area contributed by atoms with E-state index in [1.807, 2.05) is 0 Å². The van der Waals surface area contributed by atoms with Crippen LogP contribution in [-0.2, 0) is 22.3 Å². The second-order valence-electron chi connectivity index (χ2n) is 7.74. The van der Waals surface area contributed by atoms with E-state index in [0.29, 0.717) is 4.90 Å². The molecule has 1 fully saturated rings. The van der Waals surface area contributed by atoms with E-state index in [-0.39, 0.29) is 50.4 Å². The van der Waals surface area contributed by atoms with Gasteiger partial charge in [-0.25, -0.2) is 4.79 Å². The highest BCUT2D eigenvalue weighted by molar-refractivity contribution is 5.68. The molecule has 0 unspecified atom stereocenters. The van der Waals surface area contributed by atoms with Crippen molar-refractivity contribution in [1.82, 2.24) is 9.80 Å². The summed E-state index contributed by atoms with van der Waals surface area (Å²) in [7, 11) is 0. The molecule has 0 saturated carbocycles. The lowest BCUT2D eigenvalue weighted by molar-refractivity contribution is -0.308. The molecule has 0 aromatic heterocycles. The number of rotatable bonds is 8. The number of carbonyl (C=O) groups is 2. The molecule has 16 heteroatoms. The zero-order chi connectivity index (χ0) is 27.3. The van der Waals surface area contributed by atoms with Crippen LogP contribution in [0, 0.1) is 0 Å². The number of nitrogens with zero attached hydrogens (tertiary/aromatic N) is 2. The van der Waals surface area contributed by atoms with Gasteiger partial charge in [0, 0.05) is 44.7 Å². The van der Waals surface area contributed by atoms with Crippen LogP contribution < -0.4 is 4.74 Å². The summed E-state index contributed by atoms with van der Waals surface area (Å²) in [5.41, 5.74) is -1.32. The van der Waals surface area contributed by atoms with E-state index in [2.05, 4.69) is 4.74 Å². The van der Waals surface area contributed by atoms with Crippen molar-refractivity contribution in [3.63, 3.8) is 0 Å². The van der Waals surface area contributed by atoms with Crippen molar-refractivity contribution in [2.45, 2.75) is 44.0 Å². The maximum Gasteiger partial charge on any atom is 0.434 e. The number of piperazine rings is 1. The Kier molecular flexibility index (Phi) is 9.31. The zero-order valence-electron chi connectivity index (χ0n) is 18.3. The van der Waals surface area contributed by atoms with Gasteiger partial charge in [-0.05, 0) is 18.6 Å². The Morgan fingerprint density at radius 2 is 1.53 bits per heavy atom. The molecule has 1 saturated heterocycles. The van der Waals surface area contributed by atoms with Crippen molar-refractivity contribution in [2.24, 2.45) is 0 Å². The minimum absolute atomic E-state index is 0.0304. The van der Waals surface area contributed by atoms with Gasteiger partial charge >= 0.3 is 30.6 Å². The quantitative estimate of drug-likeness (QED) is 0.381. The van der Waals surface area contributed by atoms with E-state index >= 15 is 0 Å². The van der Waals surface area contributed by atoms with Gasteiger partial charge in [-0.3, -0.25) is 9.69 Å². The number of carboxylic acid groups (broad SMARTS) is 1. The van der Waals surface area contributed by atoms with E-state index in [0.717, 1.165) is 12.1 Å². The number of aliphatic carboxylic acids is 1. The largest absolute Gasteiger partial charge is 0.493 e. The number of hydrogen-bond donors (Lipinski definition) is 1. The van der Waals surface area contributed by atoms with Crippen molar-refractivity contribution in [2.75, 3.05) is 32.8 Å². The van der Waals surface area contributed by atoms with E-state index in [9.17, 15) is 49.1 Å². The van der Waals surface area contributed by atoms with E-state index in [4.69, 9.17) is 9.84 Å². The molecular weight excluding hydrogens is 519 g/mol. The number of carboxylic acids is 1. The molecule has 1 amide bonds. The maximum absolute atomic E-state index is 13.6. The molecule has 1 aromatic rings. The third-order valence-corrected chi connectivity index (χ3v) is 5.06. The lowest BCUT2D eigenvalue weighted by Gasteiger charge is -2.35. The summed E-state index contributed by atoms with van der Waals surface area (Å²) in [6, 6.07) is 3.17. The summed E-state index contributed by atoms with van der Waals surface area (Å²) < 4.78 is 125. The molecule has 1 aromatic carbocycles. The van der Waals surface area contributed by atoms with Crippen LogP contribution in [0.15, 0.2) is 18.2 Å². The third kappa shape index (κ3) is 8.34. The lowest BCUT2D eigenvalue weighted by atomic mass is 10.0. The van der Waals surface area contributed by atoms with Crippen LogP contribution in [-0.4, -0.2) is 78.2 Å². The number of ether oxygens (including phenoxy) is 2. The molecule has 36 heavy (non-hydrogen) atoms. The monoisotopic (exact) mass is 540 g/mol. The lowest BCUT2D eigenvalue weighted by Crippen LogP contribution is -2.52. The molecule has 0 spiro atoms. The first-order chi connectivity index (χ1) is 16.5. The van der Waals surface area contributed by atoms with Gasteiger partial charge in [-0.15, -0.1) is 0 Å². The van der Waals surface area contributed by atoms with Gasteiger partial charge in [-0.2, -0.15) is 39.5 Å². The van der Waals surface area contributed by atoms with Gasteiger partial charge in [0.25, 0.3) is 6.10 Å². The molecular formula is C20H21F9N2O5. The average molecular weight is 540 g/mol. The van der Waals surface area contributed by atoms with Crippen molar-refractivity contribution in [1.29, 1.82) is 0 Å². The number of benzene rings is 1. The highest BCUT2D eigenvalue weighted by atomic mass is 19.4. The Labute approximate surface area is 198 Å². The van der Waals surface area contributed by atoms with Gasteiger partial charge in [0.2, 0.25) is 0 Å². The summed E-state index contributed by atoms with van der Waals surface area (Å²) in [5, 5.41) is 8.66. The van der Waals surface area contributed by atoms with Gasteiger partial charge in [0.05, 0.1) is 12.2 Å². The molecule has 1 aliphatic heterocycles. The molecule has 0 radical (unpaired) electrons. The van der Waals surface area contributed by atoms with Crippen LogP contribution in [0.4, 0.5) is 44.3 Å². The molecule has 0 bridgehead atoms. The second kappa shape index (κ2) is 11.4. The SMILES string of the molecule is O=C(O)CCCOc1cccc(C(F)(F)F)c1CN1CCN(C(=O)OC(C(F)(F)F)C(F)(F)F)CC1. The minimum atomic E-state index is -5.88. The third-order valence-electron chi connectivity index (χ3n) is 5.06. The van der Waals surface area contributed by atoms with E-state index in [1.54, 1.807) is 0 Å². The Morgan fingerprint density at radius 3 is 2.03 bits per heavy atom. The minimum Gasteiger partial charge on any atom is -0.493 e. The van der Waals surface area contributed by atoms with Gasteiger partial charge in [-0.1, -0.05) is 6.07 Å². The number of carbonyl (C=O) groups excluding carboxylic acids is 1. The fourth-order valence-electron chi connectivity index (χ4n) is 3.34. The Morgan fingerprint density at radius 1 is 0.944 bits per heavy atom. The summed E-state index contributed by atoms with van der Waals surface area (Å²) in [6.45, 7) is -1.69. The molecule has 1 N–H and O–H groups in total. The second-order valence-corrected chi connectivity index (χ2v) is 7.74. The van der Waals surface area contributed by atoms with Gasteiger partial charge < -0.3 is 19.5 Å². The van der Waals surface area contributed by atoms with Gasteiger partial charge in [0.1, 0.15) is 5.75 Å². The Hall–Kier alpha value is -2.91. The highest BCUT2D eigenvalue weighted by Crippen LogP contribution is 2.38. The van der Waals surface area contributed by atoms with Crippen molar-refractivity contribution in [3.8, 4) is 5.75 Å². The molecule has 0 atom stereocenters. The van der Waals surface area contributed by atoms with E-state index < -0.39 is 55.3 Å². The fourth-order valence-corrected chi connectivity index (χ4v) is 3.34. The van der Waals surface area contributed by atoms with Crippen LogP contribution in [0.25, 0.3) is 0 Å². The molecule has 2 rings (SSSR count). The number of amides is 1. The van der Waals surface area contributed by atoms with Gasteiger partial charge in [0.15, 0.2) is 0 Å². The first kappa shape index (κ1) is 29.3. The zero-order valence-corrected chi connectivity index (χ0v) is 18.3. The normalized spacial score (nSPS) is 15.8. The highest BCUT2D eigenvalue weighted by Gasteiger charge is 2.60. The van der Waals surface area contributed by atoms with Crippen LogP contribution in [0.3, 0.4) is 0 Å². The standard InChI is InChI=1S/C20H21F9N2O5/c21-18(22,23)13-3-1-4-14(35-10-2-5-15(32)33)12(13)11-30-6-8-31(9-7-30)17(34)36-16(19(24,25)26)20(27,28)29/h1,3-4,16H,2,5-11H2,(H,32,33). The predicted molar refractivity (Wildman–Crippen MR) is 103 cm³/mol. The van der Waals surface area contributed by atoms with Crippen LogP contribution in [0.1, 0.15) is 24.0 Å². The molecule has 7 nitrogen and oxygen atoms in total. The smallest absolute Gasteiger partial charge is 0.434 e. The molecule has 1 aliphatic rings. The summed E-state index contributed by atoms with van der Waals surface area (Å²) in [4.78, 5) is 24.5. The maximum atomic E-state index is 13.6. The average Bonchev–Trinajstić information content (AvgIpc) is 2.73. The summed E-state index contributed by atoms with van der Waals surface area (Å²) in [6.07, 6.45) is -22.9. The predicted octanol–water partition coefficient (Wildman–Crippen LogP) is 4.70. The number of hydrogen-bond acceptors (Lipinski definition) is 5. The summed E-state index contributed by atoms with van der Waals surface area (Å²) >= 11 is 0. The molecule has 1 heterocycles. The molecule has 0 aliphatic carbocycles. The number of halogens is 9. The van der Waals surface area contributed by atoms with Crippen molar-refractivity contribution in [3.05, 3.63) is 29.3 Å². The van der Waals surface area contributed by atoms with E-state index in [1.165, 1.54) is 11.0 Å². The first-order valence-corrected chi connectivity index (χ1v) is 10.3. The Balaban J connectivity index is 2.08. The van der Waals surface area contributed by atoms with Crippen LogP contribution in [0.2, 0.25) is 0 Å². The van der Waals surface area contributed by atoms with Crippen LogP contribution in [0.5, 0.6) is 5.75 Å². The van der Waals surface area contributed by atoms with Crippen LogP contribution >= 0.6 is 0 Å². The Bertz CT molecular complexity index is 896. The molecule has 204 valence electrons. The fraction of sp³-hybridized carbons (Fsp3) is 0.600. The first-order valence-electron chi connectivity index (χ1n) is 10.3. The number of alkyl halides is 9. The summed E-state index contributed by atoms with van der Waals surface area (Å²) in [5.74, 6) is -1.27.